The molecule has 0 saturated heterocycles. The van der Waals surface area contributed by atoms with Crippen LogP contribution in [0.3, 0.4) is 0 Å². The Hall–Kier alpha value is -3.78. The van der Waals surface area contributed by atoms with Crippen molar-refractivity contribution in [1.82, 2.24) is 10.1 Å². The molecule has 164 valence electrons. The van der Waals surface area contributed by atoms with E-state index >= 15 is 0 Å². The molecular weight excluding hydrogens is 438 g/mol. The fourth-order valence-electron chi connectivity index (χ4n) is 4.00. The van der Waals surface area contributed by atoms with E-state index in [1.54, 1.807) is 11.8 Å². The van der Waals surface area contributed by atoms with Crippen LogP contribution in [0.4, 0.5) is 5.69 Å². The summed E-state index contributed by atoms with van der Waals surface area (Å²) in [4.78, 5) is 21.6. The number of hydrogen-bond donors (Lipinski definition) is 0. The second-order valence-electron chi connectivity index (χ2n) is 7.73. The number of aromatic nitrogens is 2. The van der Waals surface area contributed by atoms with Crippen molar-refractivity contribution in [2.45, 2.75) is 23.1 Å². The lowest BCUT2D eigenvalue weighted by atomic mass is 10.1. The molecule has 0 bridgehead atoms. The third-order valence-electron chi connectivity index (χ3n) is 5.58. The molecule has 0 spiro atoms. The smallest absolute Gasteiger partial charge is 0.259 e. The van der Waals surface area contributed by atoms with Gasteiger partial charge in [0, 0.05) is 27.5 Å². The topological polar surface area (TPSA) is 77.7 Å². The molecule has 8 heteroatoms. The molecule has 0 N–H and O–H groups in total. The Balaban J connectivity index is 1.38. The van der Waals surface area contributed by atoms with E-state index in [9.17, 15) is 4.79 Å². The van der Waals surface area contributed by atoms with E-state index in [4.69, 9.17) is 14.0 Å². The standard InChI is InChI=1S/C25H19N3O4S/c1-2-11-28-18-9-7-15(13-22(18)33-21-6-4-3-5-17(21)25(28)29)23-26-24(32-27-23)16-8-10-19-20(12-16)31-14-30-19/h3-10,12-13H,2,11,14H2,1H3. The van der Waals surface area contributed by atoms with E-state index in [0.29, 0.717) is 29.8 Å². The molecule has 0 unspecified atom stereocenters. The Kier molecular flexibility index (Phi) is 4.80. The average Bonchev–Trinajstić information content (AvgIpc) is 3.50. The number of carbonyl (C=O) groups excluding carboxylic acids is 1. The molecule has 0 radical (unpaired) electrons. The number of carbonyl (C=O) groups is 1. The molecule has 2 aliphatic rings. The van der Waals surface area contributed by atoms with Crippen molar-refractivity contribution in [2.24, 2.45) is 0 Å². The zero-order valence-electron chi connectivity index (χ0n) is 17.8. The minimum atomic E-state index is 0.0242. The van der Waals surface area contributed by atoms with Crippen molar-refractivity contribution in [1.29, 1.82) is 0 Å². The summed E-state index contributed by atoms with van der Waals surface area (Å²) in [6.45, 7) is 2.93. The first-order valence-corrected chi connectivity index (χ1v) is 11.5. The highest BCUT2D eigenvalue weighted by Crippen LogP contribution is 2.43. The number of rotatable bonds is 4. The maximum Gasteiger partial charge on any atom is 0.259 e. The summed E-state index contributed by atoms with van der Waals surface area (Å²) in [5, 5.41) is 4.20. The molecule has 7 nitrogen and oxygen atoms in total. The second kappa shape index (κ2) is 7.97. The predicted octanol–water partition coefficient (Wildman–Crippen LogP) is 5.65. The highest BCUT2D eigenvalue weighted by atomic mass is 32.2. The minimum absolute atomic E-state index is 0.0242. The fourth-order valence-corrected chi connectivity index (χ4v) is 5.11. The summed E-state index contributed by atoms with van der Waals surface area (Å²) in [7, 11) is 0. The van der Waals surface area contributed by atoms with Gasteiger partial charge in [-0.1, -0.05) is 36.0 Å². The van der Waals surface area contributed by atoms with E-state index in [1.807, 2.05) is 65.6 Å². The maximum atomic E-state index is 13.2. The van der Waals surface area contributed by atoms with Crippen molar-refractivity contribution in [3.05, 3.63) is 66.2 Å². The normalized spacial score (nSPS) is 14.1. The zero-order valence-corrected chi connectivity index (χ0v) is 18.6. The van der Waals surface area contributed by atoms with Crippen LogP contribution in [0.5, 0.6) is 11.5 Å². The van der Waals surface area contributed by atoms with Gasteiger partial charge in [0.2, 0.25) is 12.6 Å². The quantitative estimate of drug-likeness (QED) is 0.392. The van der Waals surface area contributed by atoms with E-state index in [1.165, 1.54) is 0 Å². The van der Waals surface area contributed by atoms with Gasteiger partial charge in [0.15, 0.2) is 11.5 Å². The Morgan fingerprint density at radius 2 is 1.82 bits per heavy atom. The first-order chi connectivity index (χ1) is 16.2. The summed E-state index contributed by atoms with van der Waals surface area (Å²) in [5.74, 6) is 2.27. The van der Waals surface area contributed by atoms with Gasteiger partial charge in [0.05, 0.1) is 11.3 Å². The van der Waals surface area contributed by atoms with Gasteiger partial charge < -0.3 is 18.9 Å². The molecule has 0 fully saturated rings. The molecule has 4 aromatic rings. The van der Waals surface area contributed by atoms with Crippen molar-refractivity contribution < 1.29 is 18.8 Å². The number of hydrogen-bond acceptors (Lipinski definition) is 7. The van der Waals surface area contributed by atoms with E-state index in [2.05, 4.69) is 17.1 Å². The van der Waals surface area contributed by atoms with Crippen LogP contribution in [0.1, 0.15) is 23.7 Å². The predicted molar refractivity (Wildman–Crippen MR) is 124 cm³/mol. The van der Waals surface area contributed by atoms with Gasteiger partial charge in [-0.05, 0) is 55.0 Å². The summed E-state index contributed by atoms with van der Waals surface area (Å²) < 4.78 is 16.4. The number of anilines is 1. The highest BCUT2D eigenvalue weighted by Gasteiger charge is 2.27. The number of ether oxygens (including phenoxy) is 2. The largest absolute Gasteiger partial charge is 0.454 e. The van der Waals surface area contributed by atoms with Crippen molar-refractivity contribution >= 4 is 23.4 Å². The van der Waals surface area contributed by atoms with Gasteiger partial charge in [-0.25, -0.2) is 0 Å². The molecule has 1 aromatic heterocycles. The van der Waals surface area contributed by atoms with Crippen molar-refractivity contribution in [2.75, 3.05) is 18.2 Å². The first kappa shape index (κ1) is 19.9. The first-order valence-electron chi connectivity index (χ1n) is 10.7. The van der Waals surface area contributed by atoms with Crippen LogP contribution in [-0.4, -0.2) is 29.4 Å². The lowest BCUT2D eigenvalue weighted by Gasteiger charge is -2.22. The summed E-state index contributed by atoms with van der Waals surface area (Å²) >= 11 is 1.58. The summed E-state index contributed by atoms with van der Waals surface area (Å²) in [6.07, 6.45) is 0.865. The Labute approximate surface area is 194 Å². The highest BCUT2D eigenvalue weighted by molar-refractivity contribution is 7.99. The van der Waals surface area contributed by atoms with Crippen LogP contribution < -0.4 is 14.4 Å². The molecule has 0 saturated carbocycles. The average molecular weight is 458 g/mol. The van der Waals surface area contributed by atoms with Crippen LogP contribution in [0.15, 0.2) is 75.0 Å². The van der Waals surface area contributed by atoms with Gasteiger partial charge in [-0.3, -0.25) is 4.79 Å². The maximum absolute atomic E-state index is 13.2. The Morgan fingerprint density at radius 3 is 2.73 bits per heavy atom. The SMILES string of the molecule is CCCN1C(=O)c2ccccc2Sc2cc(-c3noc(-c4ccc5c(c4)OCO5)n3)ccc21. The molecule has 3 aromatic carbocycles. The van der Waals surface area contributed by atoms with Crippen molar-refractivity contribution in [3.8, 4) is 34.3 Å². The Bertz CT molecular complexity index is 1380. The van der Waals surface area contributed by atoms with E-state index in [-0.39, 0.29) is 12.7 Å². The molecule has 2 aliphatic heterocycles. The molecule has 1 amide bonds. The molecule has 3 heterocycles. The monoisotopic (exact) mass is 457 g/mol. The number of amides is 1. The van der Waals surface area contributed by atoms with Crippen LogP contribution in [0.25, 0.3) is 22.8 Å². The number of fused-ring (bicyclic) bond motifs is 3. The molecule has 0 atom stereocenters. The molecule has 6 rings (SSSR count). The third kappa shape index (κ3) is 3.43. The van der Waals surface area contributed by atoms with Gasteiger partial charge in [-0.2, -0.15) is 4.98 Å². The molecule has 33 heavy (non-hydrogen) atoms. The fraction of sp³-hybridized carbons (Fsp3) is 0.160. The van der Waals surface area contributed by atoms with Crippen molar-refractivity contribution in [3.63, 3.8) is 0 Å². The van der Waals surface area contributed by atoms with Gasteiger partial charge in [0.1, 0.15) is 0 Å². The summed E-state index contributed by atoms with van der Waals surface area (Å²) in [6, 6.07) is 19.2. The Morgan fingerprint density at radius 1 is 0.970 bits per heavy atom. The van der Waals surface area contributed by atoms with E-state index < -0.39 is 0 Å². The van der Waals surface area contributed by atoms with Gasteiger partial charge >= 0.3 is 0 Å². The third-order valence-corrected chi connectivity index (χ3v) is 6.71. The van der Waals surface area contributed by atoms with Crippen LogP contribution in [0, 0.1) is 0 Å². The van der Waals surface area contributed by atoms with Crippen LogP contribution in [0.2, 0.25) is 0 Å². The molecule has 0 aliphatic carbocycles. The second-order valence-corrected chi connectivity index (χ2v) is 8.81. The molecular formula is C25H19N3O4S. The van der Waals surface area contributed by atoms with E-state index in [0.717, 1.165) is 38.6 Å². The van der Waals surface area contributed by atoms with Gasteiger partial charge in [0.25, 0.3) is 11.8 Å². The van der Waals surface area contributed by atoms with Crippen LogP contribution >= 0.6 is 11.8 Å². The summed E-state index contributed by atoms with van der Waals surface area (Å²) in [5.41, 5.74) is 3.20. The van der Waals surface area contributed by atoms with Gasteiger partial charge in [-0.15, -0.1) is 0 Å². The lowest BCUT2D eigenvalue weighted by molar-refractivity contribution is 0.0984. The zero-order chi connectivity index (χ0) is 22.4. The minimum Gasteiger partial charge on any atom is -0.454 e. The lowest BCUT2D eigenvalue weighted by Crippen LogP contribution is -2.31. The van der Waals surface area contributed by atoms with Crippen LogP contribution in [-0.2, 0) is 0 Å². The number of benzene rings is 3. The number of nitrogens with zero attached hydrogens (tertiary/aromatic N) is 3.